The molecule has 1 aromatic heterocycles. The number of para-hydroxylation sites is 1. The Bertz CT molecular complexity index is 1320. The largest absolute Gasteiger partial charge is 0.497 e. The highest BCUT2D eigenvalue weighted by Gasteiger charge is 2.37. The van der Waals surface area contributed by atoms with Gasteiger partial charge in [-0.25, -0.2) is 4.79 Å². The van der Waals surface area contributed by atoms with Crippen LogP contribution in [0.4, 0.5) is 4.79 Å². The summed E-state index contributed by atoms with van der Waals surface area (Å²) < 4.78 is 10.6. The third-order valence-corrected chi connectivity index (χ3v) is 6.27. The molecule has 186 valence electrons. The van der Waals surface area contributed by atoms with Crippen molar-refractivity contribution in [2.24, 2.45) is 0 Å². The zero-order valence-electron chi connectivity index (χ0n) is 20.7. The zero-order valence-corrected chi connectivity index (χ0v) is 20.7. The summed E-state index contributed by atoms with van der Waals surface area (Å²) in [4.78, 5) is 29.7. The maximum atomic E-state index is 13.6. The molecule has 4 aromatic rings. The monoisotopic (exact) mass is 485 g/mol. The van der Waals surface area contributed by atoms with Gasteiger partial charge in [-0.1, -0.05) is 60.7 Å². The van der Waals surface area contributed by atoms with Gasteiger partial charge in [0.15, 0.2) is 0 Å². The first-order valence-corrected chi connectivity index (χ1v) is 11.9. The van der Waals surface area contributed by atoms with Crippen molar-refractivity contribution in [1.29, 1.82) is 0 Å². The Balaban J connectivity index is 1.52. The lowest BCUT2D eigenvalue weighted by molar-refractivity contribution is -0.127. The van der Waals surface area contributed by atoms with E-state index >= 15 is 0 Å². The maximum absolute atomic E-state index is 13.6. The minimum Gasteiger partial charge on any atom is -0.497 e. The molecule has 0 unspecified atom stereocenters. The first-order valence-electron chi connectivity index (χ1n) is 11.9. The van der Waals surface area contributed by atoms with E-state index in [9.17, 15) is 9.59 Å². The lowest BCUT2D eigenvalue weighted by Crippen LogP contribution is -2.58. The summed E-state index contributed by atoms with van der Waals surface area (Å²) in [7, 11) is 1.59. The number of alkyl carbamates (subject to hydrolysis) is 1. The topological polar surface area (TPSA) is 92.5 Å². The molecule has 2 amide bonds. The highest BCUT2D eigenvalue weighted by molar-refractivity contribution is 5.91. The third-order valence-electron chi connectivity index (χ3n) is 6.27. The van der Waals surface area contributed by atoms with Crippen molar-refractivity contribution in [3.63, 3.8) is 0 Å². The lowest BCUT2D eigenvalue weighted by Gasteiger charge is -2.31. The van der Waals surface area contributed by atoms with Crippen LogP contribution in [0.5, 0.6) is 5.75 Å². The van der Waals surface area contributed by atoms with Gasteiger partial charge in [-0.2, -0.15) is 0 Å². The number of amides is 2. The van der Waals surface area contributed by atoms with Gasteiger partial charge in [0.2, 0.25) is 5.91 Å². The first-order chi connectivity index (χ1) is 17.4. The first kappa shape index (κ1) is 24.9. The molecule has 36 heavy (non-hydrogen) atoms. The van der Waals surface area contributed by atoms with E-state index in [1.165, 1.54) is 0 Å². The molecular formula is C29H31N3O4. The minimum absolute atomic E-state index is 0.0705. The molecule has 0 aliphatic heterocycles. The van der Waals surface area contributed by atoms with Crippen LogP contribution in [0.25, 0.3) is 10.9 Å². The number of aromatic nitrogens is 1. The van der Waals surface area contributed by atoms with E-state index in [0.717, 1.165) is 33.3 Å². The van der Waals surface area contributed by atoms with E-state index in [-0.39, 0.29) is 25.0 Å². The van der Waals surface area contributed by atoms with Crippen LogP contribution in [0.15, 0.2) is 85.1 Å². The summed E-state index contributed by atoms with van der Waals surface area (Å²) in [5.74, 6) is 0.421. The van der Waals surface area contributed by atoms with Crippen molar-refractivity contribution in [3.8, 4) is 5.75 Å². The Morgan fingerprint density at radius 2 is 1.67 bits per heavy atom. The number of carbonyl (C=O) groups is 2. The molecule has 1 heterocycles. The van der Waals surface area contributed by atoms with Crippen molar-refractivity contribution in [2.75, 3.05) is 7.11 Å². The van der Waals surface area contributed by atoms with Crippen LogP contribution in [0.2, 0.25) is 0 Å². The molecule has 4 rings (SSSR count). The standard InChI is InChI=1S/C29H31N3O4/c1-20(22-9-5-4-6-10-22)31-27(33)29(2,17-23-18-30-26-12-8-7-11-25(23)26)32-28(34)36-19-21-13-15-24(35-3)16-14-21/h4-16,18,20,30H,17,19H2,1-3H3,(H,31,33)(H,32,34)/t20-,29-/m1/s1. The van der Waals surface area contributed by atoms with Gasteiger partial charge in [-0.05, 0) is 48.7 Å². The van der Waals surface area contributed by atoms with E-state index in [1.54, 1.807) is 26.2 Å². The number of hydrogen-bond acceptors (Lipinski definition) is 4. The third kappa shape index (κ3) is 5.86. The zero-order chi connectivity index (χ0) is 25.5. The Hall–Kier alpha value is -4.26. The fourth-order valence-corrected chi connectivity index (χ4v) is 4.15. The SMILES string of the molecule is COc1ccc(COC(=O)N[C@](C)(Cc2c[nH]c3ccccc23)C(=O)N[C@H](C)c2ccccc2)cc1. The van der Waals surface area contributed by atoms with Crippen LogP contribution in [-0.4, -0.2) is 29.6 Å². The Labute approximate surface area is 210 Å². The highest BCUT2D eigenvalue weighted by atomic mass is 16.5. The van der Waals surface area contributed by atoms with Crippen molar-refractivity contribution in [3.05, 3.63) is 102 Å². The van der Waals surface area contributed by atoms with E-state index < -0.39 is 11.6 Å². The molecule has 3 N–H and O–H groups in total. The number of methoxy groups -OCH3 is 1. The molecule has 0 bridgehead atoms. The Morgan fingerprint density at radius 3 is 2.39 bits per heavy atom. The van der Waals surface area contributed by atoms with Gasteiger partial charge in [0.05, 0.1) is 13.2 Å². The van der Waals surface area contributed by atoms with E-state index in [2.05, 4.69) is 15.6 Å². The number of rotatable bonds is 9. The summed E-state index contributed by atoms with van der Waals surface area (Å²) in [5, 5.41) is 6.89. The number of H-pyrrole nitrogens is 1. The number of ether oxygens (including phenoxy) is 2. The summed E-state index contributed by atoms with van der Waals surface area (Å²) in [6.07, 6.45) is 1.49. The number of fused-ring (bicyclic) bond motifs is 1. The number of carbonyl (C=O) groups excluding carboxylic acids is 2. The summed E-state index contributed by atoms with van der Waals surface area (Å²) in [6, 6.07) is 24.6. The van der Waals surface area contributed by atoms with Crippen LogP contribution < -0.4 is 15.4 Å². The maximum Gasteiger partial charge on any atom is 0.408 e. The molecule has 2 atom stereocenters. The molecule has 7 heteroatoms. The molecule has 0 fully saturated rings. The quantitative estimate of drug-likeness (QED) is 0.301. The number of benzene rings is 3. The molecular weight excluding hydrogens is 454 g/mol. The Kier molecular flexibility index (Phi) is 7.59. The molecule has 0 spiro atoms. The van der Waals surface area contributed by atoms with Crippen molar-refractivity contribution in [2.45, 2.75) is 38.5 Å². The smallest absolute Gasteiger partial charge is 0.408 e. The van der Waals surface area contributed by atoms with Crippen LogP contribution in [0.3, 0.4) is 0 Å². The van der Waals surface area contributed by atoms with Crippen LogP contribution in [0.1, 0.15) is 36.6 Å². The summed E-state index contributed by atoms with van der Waals surface area (Å²) in [6.45, 7) is 3.71. The van der Waals surface area contributed by atoms with Crippen LogP contribution >= 0.6 is 0 Å². The van der Waals surface area contributed by atoms with Gasteiger partial charge in [0, 0.05) is 23.5 Å². The molecule has 0 radical (unpaired) electrons. The second kappa shape index (κ2) is 11.0. The average Bonchev–Trinajstić information content (AvgIpc) is 3.30. The van der Waals surface area contributed by atoms with E-state index in [4.69, 9.17) is 9.47 Å². The van der Waals surface area contributed by atoms with Gasteiger partial charge in [-0.3, -0.25) is 4.79 Å². The predicted octanol–water partition coefficient (Wildman–Crippen LogP) is 5.28. The number of aromatic amines is 1. The van der Waals surface area contributed by atoms with Crippen LogP contribution in [0, 0.1) is 0 Å². The molecule has 0 aliphatic rings. The number of nitrogens with one attached hydrogen (secondary N) is 3. The van der Waals surface area contributed by atoms with E-state index in [0.29, 0.717) is 0 Å². The molecule has 0 aliphatic carbocycles. The normalized spacial score (nSPS) is 13.4. The van der Waals surface area contributed by atoms with Gasteiger partial charge in [-0.15, -0.1) is 0 Å². The van der Waals surface area contributed by atoms with Gasteiger partial charge in [0.25, 0.3) is 0 Å². The summed E-state index contributed by atoms with van der Waals surface area (Å²) in [5.41, 5.74) is 2.42. The second-order valence-corrected chi connectivity index (χ2v) is 9.02. The van der Waals surface area contributed by atoms with Crippen LogP contribution in [-0.2, 0) is 22.6 Å². The fraction of sp³-hybridized carbons (Fsp3) is 0.241. The Morgan fingerprint density at radius 1 is 0.972 bits per heavy atom. The number of hydrogen-bond donors (Lipinski definition) is 3. The average molecular weight is 486 g/mol. The summed E-state index contributed by atoms with van der Waals surface area (Å²) >= 11 is 0. The molecule has 0 saturated carbocycles. The molecule has 0 saturated heterocycles. The van der Waals surface area contributed by atoms with Gasteiger partial charge < -0.3 is 25.1 Å². The highest BCUT2D eigenvalue weighted by Crippen LogP contribution is 2.24. The minimum atomic E-state index is -1.26. The lowest BCUT2D eigenvalue weighted by atomic mass is 9.91. The van der Waals surface area contributed by atoms with Crippen molar-refractivity contribution in [1.82, 2.24) is 15.6 Å². The molecule has 3 aromatic carbocycles. The van der Waals surface area contributed by atoms with Crippen molar-refractivity contribution >= 4 is 22.9 Å². The predicted molar refractivity (Wildman–Crippen MR) is 140 cm³/mol. The van der Waals surface area contributed by atoms with Gasteiger partial charge in [0.1, 0.15) is 17.9 Å². The molecule has 7 nitrogen and oxygen atoms in total. The van der Waals surface area contributed by atoms with Gasteiger partial charge >= 0.3 is 6.09 Å². The second-order valence-electron chi connectivity index (χ2n) is 9.02. The fourth-order valence-electron chi connectivity index (χ4n) is 4.15. The van der Waals surface area contributed by atoms with Crippen molar-refractivity contribution < 1.29 is 19.1 Å². The van der Waals surface area contributed by atoms with E-state index in [1.807, 2.05) is 79.9 Å².